The number of hydrogen-bond acceptors (Lipinski definition) is 3. The van der Waals surface area contributed by atoms with Crippen LogP contribution in [0, 0.1) is 0 Å². The van der Waals surface area contributed by atoms with E-state index >= 15 is 0 Å². The Balaban J connectivity index is 2.15. The van der Waals surface area contributed by atoms with Gasteiger partial charge in [-0.05, 0) is 23.3 Å². The highest BCUT2D eigenvalue weighted by atomic mass is 32.2. The Labute approximate surface area is 148 Å². The molecule has 2 aromatic rings. The summed E-state index contributed by atoms with van der Waals surface area (Å²) in [5, 5.41) is 10.3. The highest BCUT2D eigenvalue weighted by Crippen LogP contribution is 2.42. The van der Waals surface area contributed by atoms with Crippen molar-refractivity contribution >= 4 is 23.5 Å². The van der Waals surface area contributed by atoms with Crippen LogP contribution >= 0.6 is 23.5 Å². The van der Waals surface area contributed by atoms with Crippen LogP contribution in [-0.4, -0.2) is 29.0 Å². The molecule has 0 aliphatic heterocycles. The van der Waals surface area contributed by atoms with Gasteiger partial charge in [0.15, 0.2) is 0 Å². The van der Waals surface area contributed by atoms with Gasteiger partial charge >= 0.3 is 0 Å². The summed E-state index contributed by atoms with van der Waals surface area (Å²) >= 11 is 3.88. The maximum absolute atomic E-state index is 10.3. The fourth-order valence-corrected chi connectivity index (χ4v) is 5.15. The van der Waals surface area contributed by atoms with Crippen LogP contribution in [-0.2, 0) is 4.75 Å². The van der Waals surface area contributed by atoms with Gasteiger partial charge in [0, 0.05) is 11.5 Å². The molecule has 1 N–H and O–H groups in total. The second kappa shape index (κ2) is 10.1. The first-order valence-electron chi connectivity index (χ1n) is 8.27. The summed E-state index contributed by atoms with van der Waals surface area (Å²) in [5.74, 6) is 3.41. The Bertz CT molecular complexity index is 503. The molecule has 0 bridgehead atoms. The quantitative estimate of drug-likeness (QED) is 0.598. The van der Waals surface area contributed by atoms with Crippen molar-refractivity contribution in [1.82, 2.24) is 0 Å². The Hall–Kier alpha value is -0.900. The van der Waals surface area contributed by atoms with Crippen molar-refractivity contribution in [2.75, 3.05) is 23.9 Å². The first kappa shape index (κ1) is 18.4. The molecule has 0 heterocycles. The lowest BCUT2D eigenvalue weighted by molar-refractivity contribution is 0.267. The van der Waals surface area contributed by atoms with Gasteiger partial charge in [0.2, 0.25) is 0 Å². The first-order chi connectivity index (χ1) is 11.3. The van der Waals surface area contributed by atoms with E-state index in [4.69, 9.17) is 0 Å². The Morgan fingerprint density at radius 3 is 1.87 bits per heavy atom. The van der Waals surface area contributed by atoms with Crippen molar-refractivity contribution in [2.45, 2.75) is 24.5 Å². The second-order valence-corrected chi connectivity index (χ2v) is 8.15. The van der Waals surface area contributed by atoms with Crippen molar-refractivity contribution in [3.63, 3.8) is 0 Å². The third-order valence-electron chi connectivity index (χ3n) is 3.92. The third kappa shape index (κ3) is 5.03. The molecular formula is C20H26OS2. The summed E-state index contributed by atoms with van der Waals surface area (Å²) in [5.41, 5.74) is 2.36. The maximum Gasteiger partial charge on any atom is 0.0887 e. The normalized spacial score (nSPS) is 11.6. The van der Waals surface area contributed by atoms with E-state index in [1.807, 2.05) is 35.7 Å². The van der Waals surface area contributed by atoms with Gasteiger partial charge in [0.25, 0.3) is 0 Å². The monoisotopic (exact) mass is 346 g/mol. The SMILES string of the molecule is CCCCSCCSC(CO)(c1ccccc1)c1ccccc1. The van der Waals surface area contributed by atoms with Gasteiger partial charge in [0.1, 0.15) is 0 Å². The standard InChI is InChI=1S/C20H26OS2/c1-2-3-14-22-15-16-23-20(17-21,18-10-6-4-7-11-18)19-12-8-5-9-13-19/h4-13,21H,2-3,14-17H2,1H3. The largest absolute Gasteiger partial charge is 0.394 e. The van der Waals surface area contributed by atoms with Crippen LogP contribution in [0.15, 0.2) is 60.7 Å². The molecule has 0 spiro atoms. The first-order valence-corrected chi connectivity index (χ1v) is 10.4. The minimum atomic E-state index is -0.367. The maximum atomic E-state index is 10.3. The number of aliphatic hydroxyl groups is 1. The van der Waals surface area contributed by atoms with E-state index in [-0.39, 0.29) is 11.4 Å². The number of thioether (sulfide) groups is 2. The van der Waals surface area contributed by atoms with Crippen molar-refractivity contribution in [3.05, 3.63) is 71.8 Å². The third-order valence-corrected chi connectivity index (χ3v) is 6.75. The molecule has 0 saturated heterocycles. The molecule has 0 unspecified atom stereocenters. The van der Waals surface area contributed by atoms with E-state index in [9.17, 15) is 5.11 Å². The number of unbranched alkanes of at least 4 members (excludes halogenated alkanes) is 1. The molecule has 0 radical (unpaired) electrons. The molecule has 1 nitrogen and oxygen atoms in total. The van der Waals surface area contributed by atoms with Gasteiger partial charge in [-0.25, -0.2) is 0 Å². The zero-order valence-electron chi connectivity index (χ0n) is 13.8. The van der Waals surface area contributed by atoms with Crippen molar-refractivity contribution in [3.8, 4) is 0 Å². The van der Waals surface area contributed by atoms with Crippen molar-refractivity contribution < 1.29 is 5.11 Å². The minimum Gasteiger partial charge on any atom is -0.394 e. The molecule has 0 saturated carbocycles. The van der Waals surface area contributed by atoms with Crippen LogP contribution in [0.2, 0.25) is 0 Å². The van der Waals surface area contributed by atoms with Crippen molar-refractivity contribution in [1.29, 1.82) is 0 Å². The zero-order chi connectivity index (χ0) is 16.4. The summed E-state index contributed by atoms with van der Waals surface area (Å²) in [7, 11) is 0. The molecule has 23 heavy (non-hydrogen) atoms. The lowest BCUT2D eigenvalue weighted by atomic mass is 9.91. The number of aliphatic hydroxyl groups excluding tert-OH is 1. The molecule has 0 aliphatic rings. The molecule has 0 fully saturated rings. The van der Waals surface area contributed by atoms with Crippen LogP contribution in [0.4, 0.5) is 0 Å². The van der Waals surface area contributed by atoms with Crippen LogP contribution < -0.4 is 0 Å². The zero-order valence-corrected chi connectivity index (χ0v) is 15.4. The molecular weight excluding hydrogens is 320 g/mol. The molecule has 0 aliphatic carbocycles. The molecule has 0 atom stereocenters. The second-order valence-electron chi connectivity index (χ2n) is 5.53. The van der Waals surface area contributed by atoms with Gasteiger partial charge in [0.05, 0.1) is 11.4 Å². The number of rotatable bonds is 10. The number of hydrogen-bond donors (Lipinski definition) is 1. The average molecular weight is 347 g/mol. The predicted molar refractivity (Wildman–Crippen MR) is 105 cm³/mol. The van der Waals surface area contributed by atoms with E-state index < -0.39 is 0 Å². The van der Waals surface area contributed by atoms with Crippen molar-refractivity contribution in [2.24, 2.45) is 0 Å². The average Bonchev–Trinajstić information content (AvgIpc) is 2.63. The Kier molecular flexibility index (Phi) is 8.07. The lowest BCUT2D eigenvalue weighted by Gasteiger charge is -2.32. The van der Waals surface area contributed by atoms with Gasteiger partial charge < -0.3 is 5.11 Å². The fourth-order valence-electron chi connectivity index (χ4n) is 2.60. The highest BCUT2D eigenvalue weighted by molar-refractivity contribution is 8.03. The number of benzene rings is 2. The molecule has 2 aromatic carbocycles. The van der Waals surface area contributed by atoms with Crippen LogP contribution in [0.25, 0.3) is 0 Å². The van der Waals surface area contributed by atoms with E-state index in [2.05, 4.69) is 55.5 Å². The summed E-state index contributed by atoms with van der Waals surface area (Å²) in [6.07, 6.45) is 2.55. The van der Waals surface area contributed by atoms with Gasteiger partial charge in [-0.15, -0.1) is 11.8 Å². The predicted octanol–water partition coefficient (Wildman–Crippen LogP) is 5.19. The molecule has 0 amide bonds. The topological polar surface area (TPSA) is 20.2 Å². The fraction of sp³-hybridized carbons (Fsp3) is 0.400. The lowest BCUT2D eigenvalue weighted by Crippen LogP contribution is -2.29. The molecule has 0 aromatic heterocycles. The minimum absolute atomic E-state index is 0.116. The highest BCUT2D eigenvalue weighted by Gasteiger charge is 2.33. The van der Waals surface area contributed by atoms with Gasteiger partial charge in [-0.1, -0.05) is 74.0 Å². The van der Waals surface area contributed by atoms with Gasteiger partial charge in [-0.2, -0.15) is 11.8 Å². The van der Waals surface area contributed by atoms with E-state index in [1.54, 1.807) is 0 Å². The molecule has 3 heteroatoms. The molecule has 124 valence electrons. The van der Waals surface area contributed by atoms with Crippen LogP contribution in [0.3, 0.4) is 0 Å². The molecule has 2 rings (SSSR count). The van der Waals surface area contributed by atoms with Crippen LogP contribution in [0.1, 0.15) is 30.9 Å². The van der Waals surface area contributed by atoms with E-state index in [0.29, 0.717) is 0 Å². The summed E-state index contributed by atoms with van der Waals surface area (Å²) in [6.45, 7) is 2.35. The summed E-state index contributed by atoms with van der Waals surface area (Å²) < 4.78 is -0.367. The smallest absolute Gasteiger partial charge is 0.0887 e. The Morgan fingerprint density at radius 2 is 1.39 bits per heavy atom. The van der Waals surface area contributed by atoms with Crippen LogP contribution in [0.5, 0.6) is 0 Å². The summed E-state index contributed by atoms with van der Waals surface area (Å²) in [4.78, 5) is 0. The van der Waals surface area contributed by atoms with Gasteiger partial charge in [-0.3, -0.25) is 0 Å². The van der Waals surface area contributed by atoms with E-state index in [0.717, 1.165) is 11.5 Å². The Morgan fingerprint density at radius 1 is 0.826 bits per heavy atom. The van der Waals surface area contributed by atoms with E-state index in [1.165, 1.54) is 29.7 Å². The summed E-state index contributed by atoms with van der Waals surface area (Å²) in [6, 6.07) is 20.8.